The van der Waals surface area contributed by atoms with Gasteiger partial charge in [-0.2, -0.15) is 13.8 Å². The quantitative estimate of drug-likeness (QED) is 0.610. The highest BCUT2D eigenvalue weighted by atomic mass is 35.5. The number of alkyl halides is 2. The Balaban J connectivity index is 3.23. The first-order chi connectivity index (χ1) is 7.06. The lowest BCUT2D eigenvalue weighted by atomic mass is 10.3. The Morgan fingerprint density at radius 3 is 2.60 bits per heavy atom. The molecule has 0 N–H and O–H groups in total. The summed E-state index contributed by atoms with van der Waals surface area (Å²) in [5, 5.41) is -0.351. The van der Waals surface area contributed by atoms with E-state index in [1.807, 2.05) is 0 Å². The van der Waals surface area contributed by atoms with Crippen LogP contribution in [0.2, 0.25) is 10.0 Å². The number of hydrogen-bond acceptors (Lipinski definition) is 3. The number of hydrogen-bond donors (Lipinski definition) is 0. The zero-order valence-corrected chi connectivity index (χ0v) is 8.52. The van der Waals surface area contributed by atoms with Crippen LogP contribution in [-0.2, 0) is 4.79 Å². The molecule has 0 radical (unpaired) electrons. The number of benzene rings is 1. The Morgan fingerprint density at radius 2 is 2.07 bits per heavy atom. The summed E-state index contributed by atoms with van der Waals surface area (Å²) in [4.78, 5) is 13.2. The second kappa shape index (κ2) is 5.07. The first-order valence-corrected chi connectivity index (χ1v) is 4.32. The average Bonchev–Trinajstić information content (AvgIpc) is 2.17. The maximum absolute atomic E-state index is 12.0. The fraction of sp³-hybridized carbons (Fsp3) is 0.125. The van der Waals surface area contributed by atoms with Gasteiger partial charge in [0.25, 0.3) is 0 Å². The largest absolute Gasteiger partial charge is 0.432 e. The molecule has 80 valence electrons. The Kier molecular flexibility index (Phi) is 4.03. The van der Waals surface area contributed by atoms with Gasteiger partial charge in [-0.05, 0) is 12.1 Å². The smallest absolute Gasteiger partial charge is 0.387 e. The van der Waals surface area contributed by atoms with Crippen molar-refractivity contribution in [2.45, 2.75) is 6.61 Å². The summed E-state index contributed by atoms with van der Waals surface area (Å²) in [7, 11) is 0. The molecule has 0 heterocycles. The van der Waals surface area contributed by atoms with Gasteiger partial charge in [0.05, 0.1) is 10.7 Å². The zero-order valence-electron chi connectivity index (χ0n) is 7.01. The molecule has 3 nitrogen and oxygen atoms in total. The van der Waals surface area contributed by atoms with Crippen LogP contribution >= 0.6 is 23.2 Å². The third-order valence-electron chi connectivity index (χ3n) is 1.40. The van der Waals surface area contributed by atoms with Crippen molar-refractivity contribution < 1.29 is 18.3 Å². The first-order valence-electron chi connectivity index (χ1n) is 3.57. The van der Waals surface area contributed by atoms with Gasteiger partial charge in [0.1, 0.15) is 5.02 Å². The van der Waals surface area contributed by atoms with Crippen molar-refractivity contribution in [2.24, 2.45) is 4.99 Å². The summed E-state index contributed by atoms with van der Waals surface area (Å²) in [6.45, 7) is -3.06. The van der Waals surface area contributed by atoms with E-state index in [1.165, 1.54) is 18.2 Å². The van der Waals surface area contributed by atoms with Crippen LogP contribution < -0.4 is 4.74 Å². The molecule has 0 aliphatic rings. The van der Waals surface area contributed by atoms with E-state index in [1.54, 1.807) is 0 Å². The van der Waals surface area contributed by atoms with E-state index in [0.29, 0.717) is 0 Å². The lowest BCUT2D eigenvalue weighted by Gasteiger charge is -2.09. The topological polar surface area (TPSA) is 38.7 Å². The Morgan fingerprint density at radius 1 is 1.40 bits per heavy atom. The minimum absolute atomic E-state index is 0.0354. The third kappa shape index (κ3) is 2.89. The van der Waals surface area contributed by atoms with Gasteiger partial charge in [0, 0.05) is 0 Å². The molecule has 1 rings (SSSR count). The molecule has 0 spiro atoms. The van der Waals surface area contributed by atoms with Crippen LogP contribution in [0, 0.1) is 0 Å². The molecule has 7 heteroatoms. The van der Waals surface area contributed by atoms with E-state index in [4.69, 9.17) is 23.2 Å². The summed E-state index contributed by atoms with van der Waals surface area (Å²) < 4.78 is 28.0. The third-order valence-corrected chi connectivity index (χ3v) is 2.06. The van der Waals surface area contributed by atoms with Crippen LogP contribution in [0.4, 0.5) is 14.5 Å². The molecule has 0 fully saturated rings. The zero-order chi connectivity index (χ0) is 11.4. The number of ether oxygens (including phenoxy) is 1. The molecule has 0 aliphatic heterocycles. The fourth-order valence-electron chi connectivity index (χ4n) is 0.855. The second-order valence-electron chi connectivity index (χ2n) is 2.29. The van der Waals surface area contributed by atoms with E-state index in [-0.39, 0.29) is 15.7 Å². The van der Waals surface area contributed by atoms with Gasteiger partial charge in [-0.15, -0.1) is 0 Å². The fourth-order valence-corrected chi connectivity index (χ4v) is 1.36. The van der Waals surface area contributed by atoms with Crippen molar-refractivity contribution in [2.75, 3.05) is 0 Å². The van der Waals surface area contributed by atoms with Crippen LogP contribution in [0.25, 0.3) is 0 Å². The molecule has 0 amide bonds. The molecular formula is C8H3Cl2F2NO2. The molecule has 0 saturated carbocycles. The Hall–Kier alpha value is -1.16. The summed E-state index contributed by atoms with van der Waals surface area (Å²) in [6, 6.07) is 2.52. The lowest BCUT2D eigenvalue weighted by Crippen LogP contribution is -2.02. The number of halogens is 4. The molecule has 0 atom stereocenters. The van der Waals surface area contributed by atoms with Crippen molar-refractivity contribution >= 4 is 35.0 Å². The number of rotatable bonds is 3. The van der Waals surface area contributed by atoms with Gasteiger partial charge in [0.15, 0.2) is 5.75 Å². The number of nitrogens with zero attached hydrogens (tertiary/aromatic N) is 1. The van der Waals surface area contributed by atoms with Crippen LogP contribution in [0.5, 0.6) is 5.75 Å². The summed E-state index contributed by atoms with van der Waals surface area (Å²) in [5.74, 6) is -0.412. The average molecular weight is 254 g/mol. The summed E-state index contributed by atoms with van der Waals surface area (Å²) in [6.07, 6.45) is 1.23. The summed E-state index contributed by atoms with van der Waals surface area (Å²) >= 11 is 11.2. The van der Waals surface area contributed by atoms with Crippen LogP contribution in [0.15, 0.2) is 17.1 Å². The second-order valence-corrected chi connectivity index (χ2v) is 3.08. The van der Waals surface area contributed by atoms with E-state index in [2.05, 4.69) is 9.73 Å². The lowest BCUT2D eigenvalue weighted by molar-refractivity contribution is -0.0496. The highest BCUT2D eigenvalue weighted by molar-refractivity contribution is 6.38. The first kappa shape index (κ1) is 11.9. The van der Waals surface area contributed by atoms with Gasteiger partial charge < -0.3 is 4.74 Å². The van der Waals surface area contributed by atoms with Gasteiger partial charge >= 0.3 is 6.61 Å². The van der Waals surface area contributed by atoms with Crippen molar-refractivity contribution in [3.63, 3.8) is 0 Å². The summed E-state index contributed by atoms with van der Waals surface area (Å²) in [5.41, 5.74) is -0.0354. The van der Waals surface area contributed by atoms with Crippen LogP contribution in [0.3, 0.4) is 0 Å². The molecule has 0 aliphatic carbocycles. The van der Waals surface area contributed by atoms with Crippen LogP contribution in [0.1, 0.15) is 0 Å². The van der Waals surface area contributed by atoms with Gasteiger partial charge in [-0.3, -0.25) is 0 Å². The Bertz CT molecular complexity index is 419. The molecule has 1 aromatic carbocycles. The number of isocyanates is 1. The normalized spacial score (nSPS) is 9.93. The number of carbonyl (C=O) groups excluding carboxylic acids is 1. The maximum Gasteiger partial charge on any atom is 0.387 e. The highest BCUT2D eigenvalue weighted by Crippen LogP contribution is 2.40. The van der Waals surface area contributed by atoms with E-state index in [9.17, 15) is 13.6 Å². The van der Waals surface area contributed by atoms with E-state index >= 15 is 0 Å². The Labute approximate surface area is 93.3 Å². The minimum atomic E-state index is -3.06. The molecule has 0 unspecified atom stereocenters. The SMILES string of the molecule is O=C=Nc1ccc(Cl)c(OC(F)F)c1Cl. The van der Waals surface area contributed by atoms with Crippen molar-refractivity contribution in [1.29, 1.82) is 0 Å². The highest BCUT2D eigenvalue weighted by Gasteiger charge is 2.15. The molecule has 1 aromatic rings. The van der Waals surface area contributed by atoms with Gasteiger partial charge in [0.2, 0.25) is 6.08 Å². The predicted molar refractivity (Wildman–Crippen MR) is 50.9 cm³/mol. The molecule has 0 bridgehead atoms. The molecular weight excluding hydrogens is 251 g/mol. The maximum atomic E-state index is 12.0. The molecule has 0 saturated heterocycles. The van der Waals surface area contributed by atoms with Crippen molar-refractivity contribution in [3.8, 4) is 5.75 Å². The van der Waals surface area contributed by atoms with E-state index in [0.717, 1.165) is 0 Å². The van der Waals surface area contributed by atoms with Crippen molar-refractivity contribution in [3.05, 3.63) is 22.2 Å². The predicted octanol–water partition coefficient (Wildman–Crippen LogP) is 3.56. The monoisotopic (exact) mass is 253 g/mol. The van der Waals surface area contributed by atoms with Gasteiger partial charge in [-0.25, -0.2) is 4.79 Å². The molecule has 0 aromatic heterocycles. The molecule has 15 heavy (non-hydrogen) atoms. The minimum Gasteiger partial charge on any atom is -0.432 e. The van der Waals surface area contributed by atoms with Crippen molar-refractivity contribution in [1.82, 2.24) is 0 Å². The standard InChI is InChI=1S/C8H3Cl2F2NO2/c9-4-1-2-5(13-3-14)6(10)7(4)15-8(11)12/h1-2,8H. The van der Waals surface area contributed by atoms with Crippen LogP contribution in [-0.4, -0.2) is 12.7 Å². The van der Waals surface area contributed by atoms with E-state index < -0.39 is 12.4 Å². The number of aliphatic imine (C=N–C) groups is 1. The van der Waals surface area contributed by atoms with Gasteiger partial charge in [-0.1, -0.05) is 23.2 Å².